The zero-order valence-corrected chi connectivity index (χ0v) is 18.4. The maximum absolute atomic E-state index is 5.56. The summed E-state index contributed by atoms with van der Waals surface area (Å²) >= 11 is 1.84. The van der Waals surface area contributed by atoms with Crippen LogP contribution in [-0.2, 0) is 13.0 Å². The summed E-state index contributed by atoms with van der Waals surface area (Å²) in [5, 5.41) is 6.76. The van der Waals surface area contributed by atoms with Crippen LogP contribution >= 0.6 is 35.3 Å². The summed E-state index contributed by atoms with van der Waals surface area (Å²) in [7, 11) is 1.78. The molecule has 0 spiro atoms. The highest BCUT2D eigenvalue weighted by molar-refractivity contribution is 14.0. The molecule has 0 aliphatic heterocycles. The van der Waals surface area contributed by atoms with Crippen molar-refractivity contribution >= 4 is 41.3 Å². The summed E-state index contributed by atoms with van der Waals surface area (Å²) in [4.78, 5) is 11.3. The van der Waals surface area contributed by atoms with E-state index >= 15 is 0 Å². The molecule has 0 aromatic carbocycles. The highest BCUT2D eigenvalue weighted by Crippen LogP contribution is 2.17. The summed E-state index contributed by atoms with van der Waals surface area (Å²) in [5.74, 6) is 1.45. The summed E-state index contributed by atoms with van der Waals surface area (Å²) in [6, 6.07) is 8.58. The first kappa shape index (κ1) is 21.7. The number of hydrogen-bond acceptors (Lipinski definition) is 4. The van der Waals surface area contributed by atoms with Gasteiger partial charge in [-0.25, -0.2) is 4.98 Å². The second-order valence-corrected chi connectivity index (χ2v) is 6.96. The Morgan fingerprint density at radius 2 is 2.16 bits per heavy atom. The van der Waals surface area contributed by atoms with Crippen LogP contribution in [0.25, 0.3) is 0 Å². The molecule has 25 heavy (non-hydrogen) atoms. The van der Waals surface area contributed by atoms with Crippen LogP contribution in [0.15, 0.2) is 35.5 Å². The van der Waals surface area contributed by atoms with Gasteiger partial charge >= 0.3 is 0 Å². The van der Waals surface area contributed by atoms with Crippen LogP contribution in [0.1, 0.15) is 29.2 Å². The number of aryl methyl sites for hydroxylation is 1. The fourth-order valence-corrected chi connectivity index (χ4v) is 3.40. The van der Waals surface area contributed by atoms with E-state index in [1.54, 1.807) is 13.2 Å². The third kappa shape index (κ3) is 7.19. The van der Waals surface area contributed by atoms with Gasteiger partial charge in [-0.1, -0.05) is 6.07 Å². The molecule has 1 unspecified atom stereocenters. The minimum atomic E-state index is 0. The van der Waals surface area contributed by atoms with Crippen LogP contribution in [0.5, 0.6) is 5.88 Å². The number of aliphatic imine (C=N–C) groups is 1. The van der Waals surface area contributed by atoms with E-state index in [-0.39, 0.29) is 24.0 Å². The molecule has 0 aliphatic rings. The SMILES string of the molecule is CCOc1ncccc1CNC(=NC)NC(C)Cc1ccc(C)s1.I. The van der Waals surface area contributed by atoms with E-state index in [9.17, 15) is 0 Å². The summed E-state index contributed by atoms with van der Waals surface area (Å²) in [5.41, 5.74) is 1.02. The van der Waals surface area contributed by atoms with Crippen molar-refractivity contribution in [2.75, 3.05) is 13.7 Å². The zero-order valence-electron chi connectivity index (χ0n) is 15.2. The van der Waals surface area contributed by atoms with Crippen molar-refractivity contribution in [3.63, 3.8) is 0 Å². The van der Waals surface area contributed by atoms with Gasteiger partial charge in [-0.05, 0) is 39.0 Å². The largest absolute Gasteiger partial charge is 0.478 e. The number of ether oxygens (including phenoxy) is 1. The maximum Gasteiger partial charge on any atom is 0.218 e. The molecule has 2 aromatic heterocycles. The molecule has 5 nitrogen and oxygen atoms in total. The van der Waals surface area contributed by atoms with Crippen LogP contribution in [0, 0.1) is 6.92 Å². The second-order valence-electron chi connectivity index (χ2n) is 5.59. The van der Waals surface area contributed by atoms with Crippen molar-refractivity contribution in [2.24, 2.45) is 4.99 Å². The summed E-state index contributed by atoms with van der Waals surface area (Å²) in [6.07, 6.45) is 2.73. The summed E-state index contributed by atoms with van der Waals surface area (Å²) in [6.45, 7) is 7.48. The van der Waals surface area contributed by atoms with Crippen LogP contribution < -0.4 is 15.4 Å². The standard InChI is InChI=1S/C18H26N4OS.HI/c1-5-23-17-15(7-6-10-20-17)12-21-18(19-4)22-13(2)11-16-9-8-14(3)24-16;/h6-10,13H,5,11-12H2,1-4H3,(H2,19,21,22);1H. The molecule has 1 atom stereocenters. The van der Waals surface area contributed by atoms with E-state index in [1.165, 1.54) is 9.75 Å². The van der Waals surface area contributed by atoms with Crippen molar-refractivity contribution in [2.45, 2.75) is 39.8 Å². The molecular weight excluding hydrogens is 447 g/mol. The fourth-order valence-electron chi connectivity index (χ4n) is 2.38. The average molecular weight is 474 g/mol. The third-order valence-electron chi connectivity index (χ3n) is 3.49. The number of rotatable bonds is 7. The van der Waals surface area contributed by atoms with E-state index in [0.717, 1.165) is 17.9 Å². The molecule has 0 saturated carbocycles. The Balaban J connectivity index is 0.00000312. The molecule has 2 N–H and O–H groups in total. The predicted molar refractivity (Wildman–Crippen MR) is 116 cm³/mol. The van der Waals surface area contributed by atoms with Crippen LogP contribution in [0.4, 0.5) is 0 Å². The Morgan fingerprint density at radius 3 is 2.80 bits per heavy atom. The maximum atomic E-state index is 5.56. The predicted octanol–water partition coefficient (Wildman–Crippen LogP) is 3.76. The molecule has 0 radical (unpaired) electrons. The van der Waals surface area contributed by atoms with Crippen LogP contribution in [-0.4, -0.2) is 30.6 Å². The Bertz CT molecular complexity index is 675. The number of aromatic nitrogens is 1. The molecule has 0 fully saturated rings. The zero-order chi connectivity index (χ0) is 17.4. The van der Waals surface area contributed by atoms with Gasteiger partial charge in [0.1, 0.15) is 0 Å². The van der Waals surface area contributed by atoms with Gasteiger partial charge in [-0.2, -0.15) is 0 Å². The number of hydrogen-bond donors (Lipinski definition) is 2. The highest BCUT2D eigenvalue weighted by Gasteiger charge is 2.09. The molecule has 0 amide bonds. The molecule has 0 aliphatic carbocycles. The van der Waals surface area contributed by atoms with Crippen molar-refractivity contribution in [3.05, 3.63) is 45.8 Å². The van der Waals surface area contributed by atoms with Gasteiger partial charge in [-0.3, -0.25) is 4.99 Å². The number of guanidine groups is 1. The molecule has 138 valence electrons. The lowest BCUT2D eigenvalue weighted by atomic mass is 10.2. The Morgan fingerprint density at radius 1 is 1.36 bits per heavy atom. The van der Waals surface area contributed by atoms with E-state index in [1.807, 2.05) is 30.4 Å². The number of pyridine rings is 1. The van der Waals surface area contributed by atoms with Crippen molar-refractivity contribution < 1.29 is 4.74 Å². The van der Waals surface area contributed by atoms with Crippen LogP contribution in [0.3, 0.4) is 0 Å². The van der Waals surface area contributed by atoms with Gasteiger partial charge in [0.05, 0.1) is 6.61 Å². The molecular formula is C18H27IN4OS. The molecule has 2 aromatic rings. The first-order chi connectivity index (χ1) is 11.6. The Kier molecular flexibility index (Phi) is 9.81. The van der Waals surface area contributed by atoms with E-state index in [2.05, 4.69) is 46.6 Å². The molecule has 0 bridgehead atoms. The number of nitrogens with one attached hydrogen (secondary N) is 2. The quantitative estimate of drug-likeness (QED) is 0.365. The molecule has 0 saturated heterocycles. The van der Waals surface area contributed by atoms with Crippen molar-refractivity contribution in [1.29, 1.82) is 0 Å². The van der Waals surface area contributed by atoms with Gasteiger partial charge in [-0.15, -0.1) is 35.3 Å². The Labute approximate surface area is 171 Å². The first-order valence-electron chi connectivity index (χ1n) is 8.21. The van der Waals surface area contributed by atoms with Gasteiger partial charge in [0.15, 0.2) is 5.96 Å². The van der Waals surface area contributed by atoms with Gasteiger partial charge in [0, 0.05) is 47.6 Å². The smallest absolute Gasteiger partial charge is 0.218 e. The lowest BCUT2D eigenvalue weighted by Gasteiger charge is -2.18. The van der Waals surface area contributed by atoms with E-state index < -0.39 is 0 Å². The monoisotopic (exact) mass is 474 g/mol. The van der Waals surface area contributed by atoms with Gasteiger partial charge in [0.2, 0.25) is 5.88 Å². The molecule has 2 heterocycles. The van der Waals surface area contributed by atoms with Gasteiger partial charge < -0.3 is 15.4 Å². The number of halogens is 1. The first-order valence-corrected chi connectivity index (χ1v) is 9.03. The number of nitrogens with zero attached hydrogens (tertiary/aromatic N) is 2. The van der Waals surface area contributed by atoms with Crippen molar-refractivity contribution in [1.82, 2.24) is 15.6 Å². The van der Waals surface area contributed by atoms with Crippen LogP contribution in [0.2, 0.25) is 0 Å². The lowest BCUT2D eigenvalue weighted by molar-refractivity contribution is 0.322. The lowest BCUT2D eigenvalue weighted by Crippen LogP contribution is -2.42. The minimum absolute atomic E-state index is 0. The number of thiophene rings is 1. The Hall–Kier alpha value is -1.35. The molecule has 2 rings (SSSR count). The minimum Gasteiger partial charge on any atom is -0.478 e. The van der Waals surface area contributed by atoms with E-state index in [4.69, 9.17) is 4.74 Å². The fraction of sp³-hybridized carbons (Fsp3) is 0.444. The van der Waals surface area contributed by atoms with Crippen molar-refractivity contribution in [3.8, 4) is 5.88 Å². The second kappa shape index (κ2) is 11.3. The summed E-state index contributed by atoms with van der Waals surface area (Å²) < 4.78 is 5.56. The average Bonchev–Trinajstić information content (AvgIpc) is 2.97. The topological polar surface area (TPSA) is 58.5 Å². The van der Waals surface area contributed by atoms with Gasteiger partial charge in [0.25, 0.3) is 0 Å². The van der Waals surface area contributed by atoms with E-state index in [0.29, 0.717) is 25.1 Å². The third-order valence-corrected chi connectivity index (χ3v) is 4.51. The molecule has 7 heteroatoms. The normalized spacial score (nSPS) is 12.2. The highest BCUT2D eigenvalue weighted by atomic mass is 127.